The third kappa shape index (κ3) is 5.01. The van der Waals surface area contributed by atoms with E-state index in [0.717, 1.165) is 33.9 Å². The van der Waals surface area contributed by atoms with Gasteiger partial charge in [0.25, 0.3) is 0 Å². The second kappa shape index (κ2) is 12.0. The Balaban J connectivity index is 1.11. The minimum absolute atomic E-state index is 0.556. The van der Waals surface area contributed by atoms with E-state index in [9.17, 15) is 0 Å². The van der Waals surface area contributed by atoms with Crippen LogP contribution in [-0.2, 0) is 0 Å². The molecule has 7 aromatic carbocycles. The summed E-state index contributed by atoms with van der Waals surface area (Å²) in [7, 11) is 0. The van der Waals surface area contributed by atoms with Gasteiger partial charge in [0.1, 0.15) is 0 Å². The molecule has 3 nitrogen and oxygen atoms in total. The predicted octanol–water partition coefficient (Wildman–Crippen LogP) is 12.0. The third-order valence-electron chi connectivity index (χ3n) is 10.6. The maximum Gasteiger partial charge on any atom is 0.0977 e. The number of nitrogens with zero attached hydrogens (tertiary/aromatic N) is 2. The van der Waals surface area contributed by atoms with Crippen LogP contribution in [0, 0.1) is 0 Å². The zero-order valence-corrected chi connectivity index (χ0v) is 28.8. The van der Waals surface area contributed by atoms with Crippen LogP contribution in [0.3, 0.4) is 0 Å². The number of allylic oxidation sites excluding steroid dienone is 2. The molecule has 0 saturated carbocycles. The average molecular weight is 666 g/mol. The predicted molar refractivity (Wildman–Crippen MR) is 220 cm³/mol. The topological polar surface area (TPSA) is 29.3 Å². The Hall–Kier alpha value is -6.71. The quantitative estimate of drug-likeness (QED) is 0.195. The first kappa shape index (κ1) is 30.1. The van der Waals surface area contributed by atoms with Crippen molar-refractivity contribution in [3.05, 3.63) is 199 Å². The first-order chi connectivity index (χ1) is 25.6. The van der Waals surface area contributed by atoms with E-state index in [1.54, 1.807) is 0 Å². The summed E-state index contributed by atoms with van der Waals surface area (Å²) in [5, 5.41) is 9.01. The lowest BCUT2D eigenvalue weighted by Gasteiger charge is -2.38. The first-order valence-electron chi connectivity index (χ1n) is 17.9. The maximum atomic E-state index is 5.46. The van der Waals surface area contributed by atoms with Gasteiger partial charge in [-0.2, -0.15) is 0 Å². The Morgan fingerprint density at radius 1 is 0.481 bits per heavy atom. The maximum absolute atomic E-state index is 5.46. The molecule has 2 aliphatic rings. The molecule has 0 saturated heterocycles. The van der Waals surface area contributed by atoms with Crippen molar-refractivity contribution in [1.82, 2.24) is 9.88 Å². The Morgan fingerprint density at radius 2 is 1.02 bits per heavy atom. The van der Waals surface area contributed by atoms with E-state index in [1.807, 2.05) is 0 Å². The van der Waals surface area contributed by atoms with Crippen LogP contribution in [0.25, 0.3) is 71.9 Å². The fraction of sp³-hybridized carbons (Fsp3) is 0.0408. The highest BCUT2D eigenvalue weighted by atomic mass is 15.1. The van der Waals surface area contributed by atoms with E-state index < -0.39 is 5.54 Å². The van der Waals surface area contributed by atoms with Crippen molar-refractivity contribution in [3.63, 3.8) is 0 Å². The number of hydrogen-bond acceptors (Lipinski definition) is 2. The lowest BCUT2D eigenvalue weighted by molar-refractivity contribution is 0.663. The highest BCUT2D eigenvalue weighted by molar-refractivity contribution is 6.18. The van der Waals surface area contributed by atoms with Crippen LogP contribution < -0.4 is 5.32 Å². The lowest BCUT2D eigenvalue weighted by Crippen LogP contribution is -2.49. The lowest BCUT2D eigenvalue weighted by atomic mass is 9.86. The van der Waals surface area contributed by atoms with Crippen LogP contribution in [0.5, 0.6) is 0 Å². The van der Waals surface area contributed by atoms with Gasteiger partial charge in [0.2, 0.25) is 0 Å². The summed E-state index contributed by atoms with van der Waals surface area (Å²) in [6, 6.07) is 60.7. The monoisotopic (exact) mass is 665 g/mol. The normalized spacial score (nSPS) is 16.9. The number of aromatic nitrogens is 1. The van der Waals surface area contributed by atoms with Gasteiger partial charge in [0.15, 0.2) is 0 Å². The number of benzene rings is 7. The number of aliphatic imine (C=N–C) groups is 1. The highest BCUT2D eigenvalue weighted by Crippen LogP contribution is 2.40. The van der Waals surface area contributed by atoms with Crippen LogP contribution in [0.1, 0.15) is 18.1 Å². The van der Waals surface area contributed by atoms with Gasteiger partial charge in [-0.15, -0.1) is 0 Å². The molecule has 1 aliphatic carbocycles. The van der Waals surface area contributed by atoms with Gasteiger partial charge < -0.3 is 9.88 Å². The van der Waals surface area contributed by atoms with Crippen LogP contribution in [0.4, 0.5) is 0 Å². The van der Waals surface area contributed by atoms with Crippen molar-refractivity contribution in [2.24, 2.45) is 4.99 Å². The molecule has 0 radical (unpaired) electrons. The highest BCUT2D eigenvalue weighted by Gasteiger charge is 2.36. The summed E-state index contributed by atoms with van der Waals surface area (Å²) >= 11 is 0. The van der Waals surface area contributed by atoms with Gasteiger partial charge in [-0.25, -0.2) is 4.99 Å². The largest absolute Gasteiger partial charge is 0.369 e. The molecule has 0 bridgehead atoms. The molecule has 1 aromatic heterocycles. The fourth-order valence-electron chi connectivity index (χ4n) is 7.91. The van der Waals surface area contributed by atoms with Crippen molar-refractivity contribution in [3.8, 4) is 22.3 Å². The number of fused-ring (bicyclic) bond motifs is 5. The zero-order chi connectivity index (χ0) is 34.6. The zero-order valence-electron chi connectivity index (χ0n) is 28.8. The first-order valence-corrected chi connectivity index (χ1v) is 17.9. The summed E-state index contributed by atoms with van der Waals surface area (Å²) in [6.07, 6.45) is 6.76. The van der Waals surface area contributed by atoms with E-state index >= 15 is 0 Å². The molecule has 3 heteroatoms. The Labute approximate surface area is 303 Å². The molecule has 246 valence electrons. The van der Waals surface area contributed by atoms with Gasteiger partial charge in [0, 0.05) is 22.0 Å². The smallest absolute Gasteiger partial charge is 0.0977 e. The van der Waals surface area contributed by atoms with E-state index in [-0.39, 0.29) is 0 Å². The van der Waals surface area contributed by atoms with Crippen LogP contribution >= 0.6 is 0 Å². The van der Waals surface area contributed by atoms with Crippen LogP contribution in [0.15, 0.2) is 193 Å². The molecule has 1 aliphatic heterocycles. The van der Waals surface area contributed by atoms with Crippen LogP contribution in [0.2, 0.25) is 0 Å². The summed E-state index contributed by atoms with van der Waals surface area (Å²) in [4.78, 5) is 5.46. The molecule has 0 fully saturated rings. The van der Waals surface area contributed by atoms with Crippen molar-refractivity contribution in [2.45, 2.75) is 12.5 Å². The molecule has 1 N–H and O–H groups in total. The molecule has 0 unspecified atom stereocenters. The molecular weight excluding hydrogens is 631 g/mol. The SMILES string of the molecule is C[C@]12C=C(n3c4ccccc4c4cc5ccccc5cc43)C=CC1=NC(c1ccc(-c3ccccc3)cc1)=C(c1ccc(-c3ccccc3)cc1)N2. The summed E-state index contributed by atoms with van der Waals surface area (Å²) < 4.78 is 2.41. The van der Waals surface area contributed by atoms with Crippen molar-refractivity contribution in [1.29, 1.82) is 0 Å². The van der Waals surface area contributed by atoms with Gasteiger partial charge in [-0.05, 0) is 81.9 Å². The van der Waals surface area contributed by atoms with Gasteiger partial charge in [-0.1, -0.05) is 152 Å². The summed E-state index contributed by atoms with van der Waals surface area (Å²) in [5.74, 6) is 0. The molecule has 2 heterocycles. The van der Waals surface area contributed by atoms with E-state index in [1.165, 1.54) is 54.8 Å². The minimum Gasteiger partial charge on any atom is -0.369 e. The number of rotatable bonds is 5. The number of hydrogen-bond donors (Lipinski definition) is 1. The van der Waals surface area contributed by atoms with Crippen molar-refractivity contribution in [2.75, 3.05) is 0 Å². The Bertz CT molecular complexity index is 2780. The second-order valence-electron chi connectivity index (χ2n) is 13.9. The number of para-hydroxylation sites is 1. The molecule has 1 atom stereocenters. The molecule has 0 spiro atoms. The standard InChI is InChI=1S/C49H35N3/c1-49-32-41(52-44-19-11-10-18-42(44)43-30-39-16-8-9-17-40(39)31-45(43)52)28-29-46(49)50-47(37-24-20-35(21-25-37)33-12-4-2-5-13-33)48(51-49)38-26-22-36(23-27-38)34-14-6-3-7-15-34/h2-32,51H,1H3/t49-/m0/s1. The number of nitrogens with one attached hydrogen (secondary N) is 1. The molecule has 8 aromatic rings. The molecule has 0 amide bonds. The van der Waals surface area contributed by atoms with Crippen LogP contribution in [-0.4, -0.2) is 15.8 Å². The van der Waals surface area contributed by atoms with E-state index in [0.29, 0.717) is 0 Å². The second-order valence-corrected chi connectivity index (χ2v) is 13.9. The molecular formula is C49H35N3. The van der Waals surface area contributed by atoms with Gasteiger partial charge in [-0.3, -0.25) is 0 Å². The van der Waals surface area contributed by atoms with Crippen molar-refractivity contribution >= 4 is 55.4 Å². The minimum atomic E-state index is -0.556. The van der Waals surface area contributed by atoms with Gasteiger partial charge in [0.05, 0.1) is 33.7 Å². The fourth-order valence-corrected chi connectivity index (χ4v) is 7.91. The third-order valence-corrected chi connectivity index (χ3v) is 10.6. The van der Waals surface area contributed by atoms with E-state index in [4.69, 9.17) is 4.99 Å². The summed E-state index contributed by atoms with van der Waals surface area (Å²) in [6.45, 7) is 2.24. The van der Waals surface area contributed by atoms with Crippen molar-refractivity contribution < 1.29 is 0 Å². The summed E-state index contributed by atoms with van der Waals surface area (Å²) in [5.41, 5.74) is 12.8. The molecule has 10 rings (SSSR count). The van der Waals surface area contributed by atoms with Gasteiger partial charge >= 0.3 is 0 Å². The Morgan fingerprint density at radius 3 is 1.69 bits per heavy atom. The van der Waals surface area contributed by atoms with E-state index in [2.05, 4.69) is 205 Å². The molecule has 52 heavy (non-hydrogen) atoms. The average Bonchev–Trinajstić information content (AvgIpc) is 3.53. The Kier molecular flexibility index (Phi) is 6.94.